The van der Waals surface area contributed by atoms with Crippen LogP contribution in [0.1, 0.15) is 22.0 Å². The quantitative estimate of drug-likeness (QED) is 0.842. The molecule has 88 valence electrons. The monoisotopic (exact) mass is 232 g/mol. The number of aryl methyl sites for hydroxylation is 1. The summed E-state index contributed by atoms with van der Waals surface area (Å²) in [5.74, 6) is -0.939. The molecule has 0 unspecified atom stereocenters. The molecule has 0 atom stereocenters. The lowest BCUT2D eigenvalue weighted by atomic mass is 10.1. The highest BCUT2D eigenvalue weighted by atomic mass is 16.4. The second-order valence-corrected chi connectivity index (χ2v) is 3.62. The summed E-state index contributed by atoms with van der Waals surface area (Å²) < 4.78 is 5.06. The highest BCUT2D eigenvalue weighted by molar-refractivity contribution is 5.91. The summed E-state index contributed by atoms with van der Waals surface area (Å²) in [4.78, 5) is 15.1. The third-order valence-corrected chi connectivity index (χ3v) is 2.36. The summed E-state index contributed by atoms with van der Waals surface area (Å²) in [7, 11) is 0. The Morgan fingerprint density at radius 1 is 1.53 bits per heavy atom. The lowest BCUT2D eigenvalue weighted by Gasteiger charge is -2.01. The van der Waals surface area contributed by atoms with Gasteiger partial charge < -0.3 is 15.3 Å². The van der Waals surface area contributed by atoms with Gasteiger partial charge in [0.15, 0.2) is 5.89 Å². The van der Waals surface area contributed by atoms with Crippen LogP contribution in [0, 0.1) is 6.92 Å². The van der Waals surface area contributed by atoms with E-state index in [0.717, 1.165) is 5.56 Å². The zero-order chi connectivity index (χ0) is 12.4. The number of nitrogens with two attached hydrogens (primary N) is 1. The van der Waals surface area contributed by atoms with Crippen molar-refractivity contribution in [3.05, 3.63) is 41.5 Å². The van der Waals surface area contributed by atoms with E-state index in [-0.39, 0.29) is 5.76 Å². The summed E-state index contributed by atoms with van der Waals surface area (Å²) in [6, 6.07) is 7.27. The first-order chi connectivity index (χ1) is 8.11. The Morgan fingerprint density at radius 3 is 2.94 bits per heavy atom. The molecule has 5 heteroatoms. The Morgan fingerprint density at radius 2 is 2.29 bits per heavy atom. The number of oxazole rings is 1. The normalized spacial score (nSPS) is 10.5. The molecule has 0 amide bonds. The maximum Gasteiger partial charge on any atom is 0.374 e. The molecule has 1 heterocycles. The van der Waals surface area contributed by atoms with E-state index in [0.29, 0.717) is 23.7 Å². The molecule has 1 aromatic heterocycles. The van der Waals surface area contributed by atoms with E-state index >= 15 is 0 Å². The van der Waals surface area contributed by atoms with Crippen LogP contribution in [0.25, 0.3) is 11.3 Å². The third-order valence-electron chi connectivity index (χ3n) is 2.36. The molecule has 0 radical (unpaired) electrons. The van der Waals surface area contributed by atoms with Crippen LogP contribution in [-0.2, 0) is 6.54 Å². The molecular formula is C12H12N2O3. The summed E-state index contributed by atoms with van der Waals surface area (Å²) in [5.41, 5.74) is 7.49. The highest BCUT2D eigenvalue weighted by Gasteiger charge is 2.19. The van der Waals surface area contributed by atoms with E-state index in [9.17, 15) is 4.79 Å². The van der Waals surface area contributed by atoms with Crippen molar-refractivity contribution in [3.8, 4) is 11.3 Å². The van der Waals surface area contributed by atoms with Crippen molar-refractivity contribution in [1.29, 1.82) is 0 Å². The molecule has 5 nitrogen and oxygen atoms in total. The maximum atomic E-state index is 11.0. The van der Waals surface area contributed by atoms with Gasteiger partial charge in [-0.2, -0.15) is 0 Å². The first-order valence-electron chi connectivity index (χ1n) is 5.12. The Labute approximate surface area is 97.9 Å². The molecule has 0 saturated carbocycles. The van der Waals surface area contributed by atoms with Crippen molar-refractivity contribution < 1.29 is 14.3 Å². The zero-order valence-electron chi connectivity index (χ0n) is 9.30. The molecule has 0 aliphatic heterocycles. The molecule has 2 rings (SSSR count). The Kier molecular flexibility index (Phi) is 2.93. The van der Waals surface area contributed by atoms with Gasteiger partial charge in [0.2, 0.25) is 5.76 Å². The summed E-state index contributed by atoms with van der Waals surface area (Å²) in [5, 5.41) is 9.01. The van der Waals surface area contributed by atoms with E-state index in [1.807, 2.05) is 18.2 Å². The van der Waals surface area contributed by atoms with Crippen LogP contribution in [0.15, 0.2) is 28.7 Å². The van der Waals surface area contributed by atoms with Gasteiger partial charge in [0.05, 0.1) is 0 Å². The smallest absolute Gasteiger partial charge is 0.374 e. The van der Waals surface area contributed by atoms with E-state index in [4.69, 9.17) is 15.3 Å². The Hall–Kier alpha value is -2.14. The summed E-state index contributed by atoms with van der Waals surface area (Å²) in [6.07, 6.45) is 0. The summed E-state index contributed by atoms with van der Waals surface area (Å²) in [6.45, 7) is 2.01. The molecule has 0 spiro atoms. The van der Waals surface area contributed by atoms with Crippen LogP contribution < -0.4 is 5.73 Å². The molecule has 1 aromatic carbocycles. The van der Waals surface area contributed by atoms with Crippen LogP contribution in [0.4, 0.5) is 0 Å². The molecule has 17 heavy (non-hydrogen) atoms. The first-order valence-corrected chi connectivity index (χ1v) is 5.12. The maximum absolute atomic E-state index is 11.0. The van der Waals surface area contributed by atoms with E-state index < -0.39 is 5.97 Å². The second kappa shape index (κ2) is 4.39. The number of aromatic nitrogens is 1. The Balaban J connectivity index is 2.55. The van der Waals surface area contributed by atoms with Gasteiger partial charge in [-0.1, -0.05) is 18.2 Å². The fraction of sp³-hybridized carbons (Fsp3) is 0.167. The first kappa shape index (κ1) is 11.3. The number of aromatic carboxylic acids is 1. The third kappa shape index (κ3) is 2.19. The van der Waals surface area contributed by atoms with E-state index in [1.165, 1.54) is 0 Å². The molecule has 3 N–H and O–H groups in total. The second-order valence-electron chi connectivity index (χ2n) is 3.62. The van der Waals surface area contributed by atoms with Gasteiger partial charge in [-0.25, -0.2) is 9.78 Å². The van der Waals surface area contributed by atoms with Gasteiger partial charge in [-0.3, -0.25) is 0 Å². The molecule has 0 bridgehead atoms. The number of carboxylic acid groups (broad SMARTS) is 1. The lowest BCUT2D eigenvalue weighted by molar-refractivity contribution is 0.0662. The standard InChI is InChI=1S/C12H12N2O3/c1-7-14-10(11(17-7)12(15)16)9-4-2-3-8(5-9)6-13/h2-5H,6,13H2,1H3,(H,15,16). The number of hydrogen-bond acceptors (Lipinski definition) is 4. The van der Waals surface area contributed by atoms with Gasteiger partial charge in [0.1, 0.15) is 5.69 Å². The van der Waals surface area contributed by atoms with Crippen molar-refractivity contribution in [1.82, 2.24) is 4.98 Å². The predicted octanol–water partition coefficient (Wildman–Crippen LogP) is 1.81. The molecular weight excluding hydrogens is 220 g/mol. The number of hydrogen-bond donors (Lipinski definition) is 2. The van der Waals surface area contributed by atoms with Gasteiger partial charge in [0, 0.05) is 19.0 Å². The summed E-state index contributed by atoms with van der Waals surface area (Å²) >= 11 is 0. The molecule has 0 fully saturated rings. The SMILES string of the molecule is Cc1nc(-c2cccc(CN)c2)c(C(=O)O)o1. The van der Waals surface area contributed by atoms with Crippen LogP contribution in [0.5, 0.6) is 0 Å². The van der Waals surface area contributed by atoms with Gasteiger partial charge in [0.25, 0.3) is 0 Å². The average molecular weight is 232 g/mol. The molecule has 0 aliphatic carbocycles. The van der Waals surface area contributed by atoms with Crippen molar-refractivity contribution in [3.63, 3.8) is 0 Å². The highest BCUT2D eigenvalue weighted by Crippen LogP contribution is 2.24. The van der Waals surface area contributed by atoms with Gasteiger partial charge in [-0.15, -0.1) is 0 Å². The van der Waals surface area contributed by atoms with Gasteiger partial charge in [-0.05, 0) is 11.6 Å². The fourth-order valence-corrected chi connectivity index (χ4v) is 1.61. The number of nitrogens with zero attached hydrogens (tertiary/aromatic N) is 1. The van der Waals surface area contributed by atoms with E-state index in [2.05, 4.69) is 4.98 Å². The predicted molar refractivity (Wildman–Crippen MR) is 61.5 cm³/mol. The molecule has 0 aliphatic rings. The van der Waals surface area contributed by atoms with Crippen molar-refractivity contribution in [2.24, 2.45) is 5.73 Å². The number of carboxylic acids is 1. The van der Waals surface area contributed by atoms with E-state index in [1.54, 1.807) is 13.0 Å². The van der Waals surface area contributed by atoms with Crippen LogP contribution in [0.3, 0.4) is 0 Å². The minimum atomic E-state index is -1.13. The van der Waals surface area contributed by atoms with Crippen LogP contribution >= 0.6 is 0 Å². The Bertz CT molecular complexity index is 561. The number of carbonyl (C=O) groups is 1. The number of rotatable bonds is 3. The minimum Gasteiger partial charge on any atom is -0.475 e. The van der Waals surface area contributed by atoms with Crippen molar-refractivity contribution >= 4 is 5.97 Å². The average Bonchev–Trinajstić information content (AvgIpc) is 2.72. The van der Waals surface area contributed by atoms with Crippen molar-refractivity contribution in [2.75, 3.05) is 0 Å². The topological polar surface area (TPSA) is 89.3 Å². The van der Waals surface area contributed by atoms with Crippen LogP contribution in [-0.4, -0.2) is 16.1 Å². The van der Waals surface area contributed by atoms with Gasteiger partial charge >= 0.3 is 5.97 Å². The largest absolute Gasteiger partial charge is 0.475 e. The zero-order valence-corrected chi connectivity index (χ0v) is 9.30. The van der Waals surface area contributed by atoms with Crippen LogP contribution in [0.2, 0.25) is 0 Å². The molecule has 0 saturated heterocycles. The van der Waals surface area contributed by atoms with Crippen molar-refractivity contribution in [2.45, 2.75) is 13.5 Å². The lowest BCUT2D eigenvalue weighted by Crippen LogP contribution is -1.99. The molecule has 2 aromatic rings. The number of benzene rings is 1. The fourth-order valence-electron chi connectivity index (χ4n) is 1.61. The minimum absolute atomic E-state index is 0.142.